The monoisotopic (exact) mass is 583 g/mol. The molecule has 1 saturated carbocycles. The van der Waals surface area contributed by atoms with Gasteiger partial charge in [0.15, 0.2) is 6.61 Å². The zero-order valence-corrected chi connectivity index (χ0v) is 24.8. The molecule has 226 valence electrons. The van der Waals surface area contributed by atoms with E-state index < -0.39 is 0 Å². The third kappa shape index (κ3) is 8.15. The molecule has 3 aromatic rings. The van der Waals surface area contributed by atoms with Crippen LogP contribution in [-0.4, -0.2) is 66.4 Å². The zero-order chi connectivity index (χ0) is 30.0. The van der Waals surface area contributed by atoms with Crippen LogP contribution in [0.15, 0.2) is 84.9 Å². The van der Waals surface area contributed by atoms with Gasteiger partial charge in [-0.05, 0) is 80.5 Å². The highest BCUT2D eigenvalue weighted by atomic mass is 16.5. The highest BCUT2D eigenvalue weighted by Gasteiger charge is 2.33. The molecular formula is C35H41N3O5. The van der Waals surface area contributed by atoms with E-state index in [0.29, 0.717) is 43.8 Å². The van der Waals surface area contributed by atoms with Crippen LogP contribution in [0.4, 0.5) is 0 Å². The second kappa shape index (κ2) is 14.7. The summed E-state index contributed by atoms with van der Waals surface area (Å²) >= 11 is 0. The van der Waals surface area contributed by atoms with Crippen molar-refractivity contribution < 1.29 is 23.9 Å². The summed E-state index contributed by atoms with van der Waals surface area (Å²) in [6.45, 7) is 1.67. The summed E-state index contributed by atoms with van der Waals surface area (Å²) in [6, 6.07) is 26.9. The number of rotatable bonds is 10. The van der Waals surface area contributed by atoms with Crippen LogP contribution < -0.4 is 14.8 Å². The fraction of sp³-hybridized carbons (Fsp3) is 0.400. The molecule has 0 bridgehead atoms. The van der Waals surface area contributed by atoms with Crippen LogP contribution in [0.5, 0.6) is 11.5 Å². The molecule has 8 nitrogen and oxygen atoms in total. The predicted octanol–water partition coefficient (Wildman–Crippen LogP) is 5.08. The highest BCUT2D eigenvalue weighted by Crippen LogP contribution is 2.28. The van der Waals surface area contributed by atoms with E-state index in [1.807, 2.05) is 77.7 Å². The van der Waals surface area contributed by atoms with E-state index in [1.165, 1.54) is 0 Å². The topological polar surface area (TPSA) is 88.2 Å². The van der Waals surface area contributed by atoms with Gasteiger partial charge in [0.1, 0.15) is 11.5 Å². The maximum Gasteiger partial charge on any atom is 0.260 e. The largest absolute Gasteiger partial charge is 0.497 e. The van der Waals surface area contributed by atoms with E-state index >= 15 is 0 Å². The number of methoxy groups -OCH3 is 1. The quantitative estimate of drug-likeness (QED) is 0.360. The molecule has 5 rings (SSSR count). The van der Waals surface area contributed by atoms with Crippen LogP contribution in [0, 0.1) is 5.92 Å². The van der Waals surface area contributed by atoms with E-state index in [9.17, 15) is 14.4 Å². The van der Waals surface area contributed by atoms with E-state index in [-0.39, 0.29) is 42.3 Å². The molecule has 1 aliphatic heterocycles. The summed E-state index contributed by atoms with van der Waals surface area (Å²) in [5.74, 6) is 1.33. The van der Waals surface area contributed by atoms with Crippen LogP contribution in [-0.2, 0) is 16.1 Å². The van der Waals surface area contributed by atoms with E-state index in [4.69, 9.17) is 9.47 Å². The smallest absolute Gasteiger partial charge is 0.260 e. The van der Waals surface area contributed by atoms with Crippen molar-refractivity contribution in [2.45, 2.75) is 57.2 Å². The van der Waals surface area contributed by atoms with Crippen LogP contribution in [0.25, 0.3) is 0 Å². The fourth-order valence-corrected chi connectivity index (χ4v) is 6.04. The van der Waals surface area contributed by atoms with E-state index in [2.05, 4.69) is 17.4 Å². The molecule has 1 saturated heterocycles. The fourth-order valence-electron chi connectivity index (χ4n) is 6.04. The van der Waals surface area contributed by atoms with Gasteiger partial charge in [0, 0.05) is 43.2 Å². The van der Waals surface area contributed by atoms with Crippen molar-refractivity contribution in [3.8, 4) is 11.5 Å². The molecule has 43 heavy (non-hydrogen) atoms. The SMILES string of the molecule is COc1ccc(C(=O)N(Cc2ccccc2)C2CCC(NC(=O)C3CCN(C(=O)COc4ccccc4)CC3)CC2)cc1. The van der Waals surface area contributed by atoms with Crippen LogP contribution >= 0.6 is 0 Å². The van der Waals surface area contributed by atoms with Crippen LogP contribution in [0.3, 0.4) is 0 Å². The standard InChI is InChI=1S/C35H41N3O5/c1-42-31-18-12-28(13-19-31)35(41)38(24-26-8-4-2-5-9-26)30-16-14-29(15-17-30)36-34(40)27-20-22-37(23-21-27)33(39)25-43-32-10-6-3-7-11-32/h2-13,18-19,27,29-30H,14-17,20-25H2,1H3,(H,36,40). The molecule has 0 atom stereocenters. The number of para-hydroxylation sites is 1. The summed E-state index contributed by atoms with van der Waals surface area (Å²) in [6.07, 6.45) is 4.61. The van der Waals surface area contributed by atoms with Crippen molar-refractivity contribution in [1.82, 2.24) is 15.1 Å². The maximum atomic E-state index is 13.7. The molecule has 1 aliphatic carbocycles. The predicted molar refractivity (Wildman–Crippen MR) is 165 cm³/mol. The Bertz CT molecular complexity index is 1330. The molecule has 2 fully saturated rings. The second-order valence-electron chi connectivity index (χ2n) is 11.4. The third-order valence-electron chi connectivity index (χ3n) is 8.60. The van der Waals surface area contributed by atoms with Gasteiger partial charge in [0.2, 0.25) is 5.91 Å². The lowest BCUT2D eigenvalue weighted by atomic mass is 9.88. The lowest BCUT2D eigenvalue weighted by Gasteiger charge is -2.38. The number of nitrogens with one attached hydrogen (secondary N) is 1. The van der Waals surface area contributed by atoms with Gasteiger partial charge in [-0.3, -0.25) is 14.4 Å². The molecule has 3 amide bonds. The lowest BCUT2D eigenvalue weighted by Crippen LogP contribution is -2.49. The summed E-state index contributed by atoms with van der Waals surface area (Å²) in [7, 11) is 1.61. The van der Waals surface area contributed by atoms with Crippen LogP contribution in [0.2, 0.25) is 0 Å². The maximum absolute atomic E-state index is 13.7. The number of nitrogens with zero attached hydrogens (tertiary/aromatic N) is 2. The van der Waals surface area contributed by atoms with Crippen molar-refractivity contribution in [1.29, 1.82) is 0 Å². The van der Waals surface area contributed by atoms with E-state index in [1.54, 1.807) is 12.0 Å². The average molecular weight is 584 g/mol. The summed E-state index contributed by atoms with van der Waals surface area (Å²) in [4.78, 5) is 43.2. The first-order valence-corrected chi connectivity index (χ1v) is 15.2. The van der Waals surface area contributed by atoms with Gasteiger partial charge < -0.3 is 24.6 Å². The molecule has 0 aromatic heterocycles. The van der Waals surface area contributed by atoms with Crippen molar-refractivity contribution >= 4 is 17.7 Å². The number of ether oxygens (including phenoxy) is 2. The van der Waals surface area contributed by atoms with E-state index in [0.717, 1.165) is 37.0 Å². The number of piperidine rings is 1. The number of carbonyl (C=O) groups excluding carboxylic acids is 3. The lowest BCUT2D eigenvalue weighted by molar-refractivity contribution is -0.137. The first-order chi connectivity index (χ1) is 21.0. The van der Waals surface area contributed by atoms with Crippen molar-refractivity contribution in [2.75, 3.05) is 26.8 Å². The minimum absolute atomic E-state index is 0.00632. The molecule has 2 aliphatic rings. The normalized spacial score (nSPS) is 18.9. The molecule has 1 N–H and O–H groups in total. The zero-order valence-electron chi connectivity index (χ0n) is 24.8. The molecule has 1 heterocycles. The van der Waals surface area contributed by atoms with Gasteiger partial charge in [0.05, 0.1) is 7.11 Å². The molecular weight excluding hydrogens is 542 g/mol. The minimum Gasteiger partial charge on any atom is -0.497 e. The Kier molecular flexibility index (Phi) is 10.3. The van der Waals surface area contributed by atoms with Gasteiger partial charge in [-0.25, -0.2) is 0 Å². The average Bonchev–Trinajstić information content (AvgIpc) is 3.07. The van der Waals surface area contributed by atoms with Gasteiger partial charge in [-0.1, -0.05) is 48.5 Å². The Hall–Kier alpha value is -4.33. The van der Waals surface area contributed by atoms with Crippen molar-refractivity contribution in [2.24, 2.45) is 5.92 Å². The van der Waals surface area contributed by atoms with Crippen LogP contribution in [0.1, 0.15) is 54.4 Å². The number of likely N-dealkylation sites (tertiary alicyclic amines) is 1. The number of benzene rings is 3. The van der Waals surface area contributed by atoms with Gasteiger partial charge in [-0.2, -0.15) is 0 Å². The summed E-state index contributed by atoms with van der Waals surface area (Å²) in [5, 5.41) is 3.28. The number of carbonyl (C=O) groups is 3. The Morgan fingerprint density at radius 3 is 2.05 bits per heavy atom. The summed E-state index contributed by atoms with van der Waals surface area (Å²) < 4.78 is 10.9. The summed E-state index contributed by atoms with van der Waals surface area (Å²) in [5.41, 5.74) is 1.74. The van der Waals surface area contributed by atoms with Crippen molar-refractivity contribution in [3.63, 3.8) is 0 Å². The number of hydrogen-bond donors (Lipinski definition) is 1. The van der Waals surface area contributed by atoms with Gasteiger partial charge in [0.25, 0.3) is 11.8 Å². The van der Waals surface area contributed by atoms with Gasteiger partial charge >= 0.3 is 0 Å². The first kappa shape index (κ1) is 30.1. The Labute approximate surface area is 254 Å². The first-order valence-electron chi connectivity index (χ1n) is 15.2. The second-order valence-corrected chi connectivity index (χ2v) is 11.4. The molecule has 3 aromatic carbocycles. The third-order valence-corrected chi connectivity index (χ3v) is 8.60. The Morgan fingerprint density at radius 2 is 1.42 bits per heavy atom. The van der Waals surface area contributed by atoms with Gasteiger partial charge in [-0.15, -0.1) is 0 Å². The Balaban J connectivity index is 1.10. The minimum atomic E-state index is -0.0944. The highest BCUT2D eigenvalue weighted by molar-refractivity contribution is 5.94. The molecule has 0 spiro atoms. The molecule has 8 heteroatoms. The Morgan fingerprint density at radius 1 is 0.791 bits per heavy atom. The molecule has 0 radical (unpaired) electrons. The number of hydrogen-bond acceptors (Lipinski definition) is 5. The number of amides is 3. The van der Waals surface area contributed by atoms with Crippen molar-refractivity contribution in [3.05, 3.63) is 96.1 Å². The molecule has 0 unspecified atom stereocenters.